The third-order valence-electron chi connectivity index (χ3n) is 4.39. The molecule has 0 atom stereocenters. The highest BCUT2D eigenvalue weighted by Crippen LogP contribution is 2.24. The summed E-state index contributed by atoms with van der Waals surface area (Å²) in [6.45, 7) is 9.83. The first-order chi connectivity index (χ1) is 14.4. The molecule has 8 nitrogen and oxygen atoms in total. The minimum absolute atomic E-state index is 0.0727. The fourth-order valence-corrected chi connectivity index (χ4v) is 4.47. The summed E-state index contributed by atoms with van der Waals surface area (Å²) < 4.78 is 30.6. The largest absolute Gasteiger partial charge is 0.481 e. The van der Waals surface area contributed by atoms with E-state index in [1.165, 1.54) is 28.6 Å². The van der Waals surface area contributed by atoms with Crippen molar-refractivity contribution in [3.63, 3.8) is 0 Å². The number of hydrogen-bond donors (Lipinski definition) is 2. The van der Waals surface area contributed by atoms with Crippen molar-refractivity contribution in [2.75, 3.05) is 19.7 Å². The second kappa shape index (κ2) is 11.5. The molecule has 0 aliphatic heterocycles. The van der Waals surface area contributed by atoms with Gasteiger partial charge in [-0.3, -0.25) is 0 Å². The Morgan fingerprint density at radius 1 is 0.935 bits per heavy atom. The number of aliphatic carboxylic acids is 1. The van der Waals surface area contributed by atoms with Crippen LogP contribution in [0.25, 0.3) is 0 Å². The summed E-state index contributed by atoms with van der Waals surface area (Å²) in [5.74, 6) is -1.35. The summed E-state index contributed by atoms with van der Waals surface area (Å²) in [6.07, 6.45) is 0. The van der Waals surface area contributed by atoms with E-state index in [2.05, 4.69) is 0 Å². The lowest BCUT2D eigenvalue weighted by Gasteiger charge is -2.18. The van der Waals surface area contributed by atoms with Gasteiger partial charge in [0.05, 0.1) is 10.5 Å². The van der Waals surface area contributed by atoms with E-state index in [0.29, 0.717) is 18.8 Å². The molecule has 2 aromatic rings. The minimum atomic E-state index is -3.50. The number of sulfonamides is 1. The number of carboxylic acid groups (broad SMARTS) is 2. The third-order valence-corrected chi connectivity index (χ3v) is 6.45. The number of hydrogen-bond acceptors (Lipinski definition) is 5. The number of carboxylic acids is 2. The van der Waals surface area contributed by atoms with Gasteiger partial charge < -0.3 is 14.9 Å². The molecule has 0 bridgehead atoms. The van der Waals surface area contributed by atoms with Gasteiger partial charge in [0.25, 0.3) is 0 Å². The zero-order chi connectivity index (χ0) is 23.8. The van der Waals surface area contributed by atoms with Crippen molar-refractivity contribution in [3.05, 3.63) is 58.7 Å². The van der Waals surface area contributed by atoms with Crippen LogP contribution in [0.3, 0.4) is 0 Å². The van der Waals surface area contributed by atoms with Crippen LogP contribution in [-0.2, 0) is 14.8 Å². The Morgan fingerprint density at radius 2 is 1.42 bits per heavy atom. The van der Waals surface area contributed by atoms with Gasteiger partial charge in [-0.25, -0.2) is 18.0 Å². The van der Waals surface area contributed by atoms with E-state index in [9.17, 15) is 18.0 Å². The fraction of sp³-hybridized carbons (Fsp3) is 0.364. The second-order valence-electron chi connectivity index (χ2n) is 6.83. The van der Waals surface area contributed by atoms with E-state index in [1.807, 2.05) is 32.9 Å². The molecule has 0 unspecified atom stereocenters. The molecule has 0 spiro atoms. The quantitative estimate of drug-likeness (QED) is 0.630. The lowest BCUT2D eigenvalue weighted by Crippen LogP contribution is -2.30. The van der Waals surface area contributed by atoms with Crippen LogP contribution >= 0.6 is 0 Å². The smallest absolute Gasteiger partial charge is 0.341 e. The SMILES string of the molecule is CCN(CC)S(=O)(=O)c1ccc(C(=O)O)cc1.Cc1cc(C)c(OCC(=O)O)c(C)c1. The first kappa shape index (κ1) is 26.1. The third kappa shape index (κ3) is 7.37. The Labute approximate surface area is 183 Å². The second-order valence-corrected chi connectivity index (χ2v) is 8.77. The highest BCUT2D eigenvalue weighted by molar-refractivity contribution is 7.89. The number of nitrogens with zero attached hydrogens (tertiary/aromatic N) is 1. The van der Waals surface area contributed by atoms with Crippen LogP contribution in [0.5, 0.6) is 5.75 Å². The molecule has 0 aliphatic carbocycles. The molecule has 0 heterocycles. The lowest BCUT2D eigenvalue weighted by molar-refractivity contribution is -0.139. The highest BCUT2D eigenvalue weighted by atomic mass is 32.2. The molecule has 0 saturated carbocycles. The molecule has 170 valence electrons. The van der Waals surface area contributed by atoms with E-state index >= 15 is 0 Å². The van der Waals surface area contributed by atoms with Crippen molar-refractivity contribution in [3.8, 4) is 5.75 Å². The predicted octanol–water partition coefficient (Wildman–Crippen LogP) is 3.49. The van der Waals surface area contributed by atoms with E-state index in [1.54, 1.807) is 13.8 Å². The molecule has 2 rings (SSSR count). The van der Waals surface area contributed by atoms with Crippen LogP contribution in [-0.4, -0.2) is 54.6 Å². The maximum atomic E-state index is 12.1. The lowest BCUT2D eigenvalue weighted by atomic mass is 10.1. The van der Waals surface area contributed by atoms with E-state index in [0.717, 1.165) is 16.7 Å². The Hall–Kier alpha value is -2.91. The molecule has 0 amide bonds. The first-order valence-corrected chi connectivity index (χ1v) is 11.1. The number of ether oxygens (including phenoxy) is 1. The Bertz CT molecular complexity index is 988. The van der Waals surface area contributed by atoms with Gasteiger partial charge in [-0.1, -0.05) is 31.5 Å². The summed E-state index contributed by atoms with van der Waals surface area (Å²) in [5.41, 5.74) is 3.18. The van der Waals surface area contributed by atoms with Crippen LogP contribution in [0.4, 0.5) is 0 Å². The molecule has 2 aromatic carbocycles. The van der Waals surface area contributed by atoms with Crippen LogP contribution in [0.15, 0.2) is 41.3 Å². The summed E-state index contributed by atoms with van der Waals surface area (Å²) in [6, 6.07) is 9.17. The van der Waals surface area contributed by atoms with Gasteiger partial charge in [0.15, 0.2) is 6.61 Å². The van der Waals surface area contributed by atoms with Crippen molar-refractivity contribution in [1.82, 2.24) is 4.31 Å². The summed E-state index contributed by atoms with van der Waals surface area (Å²) in [7, 11) is -3.50. The topological polar surface area (TPSA) is 121 Å². The van der Waals surface area contributed by atoms with Crippen molar-refractivity contribution < 1.29 is 33.0 Å². The average Bonchev–Trinajstić information content (AvgIpc) is 2.68. The summed E-state index contributed by atoms with van der Waals surface area (Å²) >= 11 is 0. The van der Waals surface area contributed by atoms with Crippen LogP contribution in [0, 0.1) is 20.8 Å². The van der Waals surface area contributed by atoms with E-state index in [4.69, 9.17) is 14.9 Å². The fourth-order valence-electron chi connectivity index (χ4n) is 3.01. The van der Waals surface area contributed by atoms with Gasteiger partial charge in [0, 0.05) is 13.1 Å². The number of carbonyl (C=O) groups is 2. The Balaban J connectivity index is 0.000000316. The molecule has 9 heteroatoms. The summed E-state index contributed by atoms with van der Waals surface area (Å²) in [4.78, 5) is 21.1. The number of aryl methyl sites for hydroxylation is 3. The zero-order valence-electron chi connectivity index (χ0n) is 18.4. The van der Waals surface area contributed by atoms with Crippen molar-refractivity contribution in [2.45, 2.75) is 39.5 Å². The predicted molar refractivity (Wildman–Crippen MR) is 117 cm³/mol. The van der Waals surface area contributed by atoms with Crippen molar-refractivity contribution >= 4 is 22.0 Å². The normalized spacial score (nSPS) is 10.9. The van der Waals surface area contributed by atoms with Crippen molar-refractivity contribution in [2.24, 2.45) is 0 Å². The Kier molecular flexibility index (Phi) is 9.67. The van der Waals surface area contributed by atoms with Gasteiger partial charge >= 0.3 is 11.9 Å². The molecule has 0 saturated heterocycles. The maximum Gasteiger partial charge on any atom is 0.341 e. The molecule has 31 heavy (non-hydrogen) atoms. The maximum absolute atomic E-state index is 12.1. The van der Waals surface area contributed by atoms with Crippen molar-refractivity contribution in [1.29, 1.82) is 0 Å². The summed E-state index contributed by atoms with van der Waals surface area (Å²) in [5, 5.41) is 17.2. The van der Waals surface area contributed by atoms with Crippen LogP contribution in [0.1, 0.15) is 40.9 Å². The molecular formula is C22H29NO7S. The molecule has 0 radical (unpaired) electrons. The van der Waals surface area contributed by atoms with Gasteiger partial charge in [-0.05, 0) is 56.2 Å². The number of aromatic carboxylic acids is 1. The monoisotopic (exact) mass is 451 g/mol. The molecule has 0 fully saturated rings. The van der Waals surface area contributed by atoms with Crippen LogP contribution in [0.2, 0.25) is 0 Å². The average molecular weight is 452 g/mol. The molecule has 2 N–H and O–H groups in total. The number of rotatable bonds is 8. The van der Waals surface area contributed by atoms with E-state index in [-0.39, 0.29) is 17.1 Å². The van der Waals surface area contributed by atoms with Gasteiger partial charge in [-0.15, -0.1) is 0 Å². The van der Waals surface area contributed by atoms with E-state index < -0.39 is 22.0 Å². The van der Waals surface area contributed by atoms with Gasteiger partial charge in [0.2, 0.25) is 10.0 Å². The standard InChI is InChI=1S/C11H15NO4S.C11H14O3/c1-3-12(4-2)17(15,16)10-7-5-9(6-8-10)11(13)14;1-7-4-8(2)11(9(3)5-7)14-6-10(12)13/h5-8H,3-4H2,1-2H3,(H,13,14);4-5H,6H2,1-3H3,(H,12,13). The van der Waals surface area contributed by atoms with Gasteiger partial charge in [0.1, 0.15) is 5.75 Å². The molecule has 0 aromatic heterocycles. The molecular weight excluding hydrogens is 422 g/mol. The molecule has 0 aliphatic rings. The van der Waals surface area contributed by atoms with Crippen LogP contribution < -0.4 is 4.74 Å². The first-order valence-electron chi connectivity index (χ1n) is 9.69. The highest BCUT2D eigenvalue weighted by Gasteiger charge is 2.21. The van der Waals surface area contributed by atoms with Gasteiger partial charge in [-0.2, -0.15) is 4.31 Å². The minimum Gasteiger partial charge on any atom is -0.481 e. The zero-order valence-corrected chi connectivity index (χ0v) is 19.2. The number of benzene rings is 2. The Morgan fingerprint density at radius 3 is 1.81 bits per heavy atom.